The number of fused-ring (bicyclic) bond motifs is 1. The van der Waals surface area contributed by atoms with Gasteiger partial charge in [0.2, 0.25) is 0 Å². The monoisotopic (exact) mass is 242 g/mol. The SMILES string of the molecule is CC(Cc1c(F)cc2c(c1F)CCO2)C(=O)O. The van der Waals surface area contributed by atoms with E-state index in [2.05, 4.69) is 0 Å². The first-order chi connectivity index (χ1) is 8.00. The van der Waals surface area contributed by atoms with Gasteiger partial charge in [-0.3, -0.25) is 4.79 Å². The second-order valence-electron chi connectivity index (χ2n) is 4.17. The topological polar surface area (TPSA) is 46.5 Å². The van der Waals surface area contributed by atoms with E-state index in [0.717, 1.165) is 6.07 Å². The van der Waals surface area contributed by atoms with Crippen LogP contribution in [0.1, 0.15) is 18.1 Å². The van der Waals surface area contributed by atoms with Gasteiger partial charge in [-0.1, -0.05) is 6.92 Å². The largest absolute Gasteiger partial charge is 0.493 e. The molecule has 2 rings (SSSR count). The number of hydrogen-bond donors (Lipinski definition) is 1. The molecule has 0 amide bonds. The van der Waals surface area contributed by atoms with Crippen molar-refractivity contribution in [2.45, 2.75) is 19.8 Å². The summed E-state index contributed by atoms with van der Waals surface area (Å²) >= 11 is 0. The number of rotatable bonds is 3. The molecule has 3 nitrogen and oxygen atoms in total. The molecular formula is C12H12F2O3. The normalized spacial score (nSPS) is 15.2. The molecule has 17 heavy (non-hydrogen) atoms. The van der Waals surface area contributed by atoms with E-state index in [0.29, 0.717) is 18.6 Å². The van der Waals surface area contributed by atoms with Gasteiger partial charge in [-0.05, 0) is 6.42 Å². The third-order valence-electron chi connectivity index (χ3n) is 2.91. The highest BCUT2D eigenvalue weighted by atomic mass is 19.1. The van der Waals surface area contributed by atoms with Gasteiger partial charge >= 0.3 is 5.97 Å². The number of benzene rings is 1. The highest BCUT2D eigenvalue weighted by Crippen LogP contribution is 2.32. The summed E-state index contributed by atoms with van der Waals surface area (Å²) in [6.07, 6.45) is 0.246. The molecule has 1 aromatic rings. The van der Waals surface area contributed by atoms with Gasteiger partial charge in [0.25, 0.3) is 0 Å². The van der Waals surface area contributed by atoms with Gasteiger partial charge in [-0.25, -0.2) is 8.78 Å². The Morgan fingerprint density at radius 2 is 2.29 bits per heavy atom. The van der Waals surface area contributed by atoms with Crippen LogP contribution in [-0.2, 0) is 17.6 Å². The van der Waals surface area contributed by atoms with Gasteiger partial charge in [0.1, 0.15) is 17.4 Å². The number of ether oxygens (including phenoxy) is 1. The molecule has 0 aromatic heterocycles. The van der Waals surface area contributed by atoms with Crippen LogP contribution in [0.2, 0.25) is 0 Å². The summed E-state index contributed by atoms with van der Waals surface area (Å²) in [5.41, 5.74) is 0.183. The number of hydrogen-bond acceptors (Lipinski definition) is 2. The summed E-state index contributed by atoms with van der Waals surface area (Å²) in [4.78, 5) is 10.7. The molecule has 0 fully saturated rings. The Labute approximate surface area is 97.0 Å². The second kappa shape index (κ2) is 4.31. The van der Waals surface area contributed by atoms with Crippen LogP contribution in [0.3, 0.4) is 0 Å². The lowest BCUT2D eigenvalue weighted by molar-refractivity contribution is -0.141. The van der Waals surface area contributed by atoms with Crippen LogP contribution in [0.15, 0.2) is 6.07 Å². The average molecular weight is 242 g/mol. The van der Waals surface area contributed by atoms with Gasteiger partial charge in [0.05, 0.1) is 12.5 Å². The third-order valence-corrected chi connectivity index (χ3v) is 2.91. The summed E-state index contributed by atoms with van der Waals surface area (Å²) in [5, 5.41) is 8.75. The number of halogens is 2. The van der Waals surface area contributed by atoms with E-state index in [1.807, 2.05) is 0 Å². The summed E-state index contributed by atoms with van der Waals surface area (Å²) < 4.78 is 32.6. The number of carboxylic acids is 1. The summed E-state index contributed by atoms with van der Waals surface area (Å²) in [7, 11) is 0. The van der Waals surface area contributed by atoms with E-state index in [9.17, 15) is 13.6 Å². The molecule has 0 radical (unpaired) electrons. The summed E-state index contributed by atoms with van der Waals surface area (Å²) in [6.45, 7) is 1.76. The molecule has 1 unspecified atom stereocenters. The molecule has 0 saturated heterocycles. The molecule has 1 aliphatic heterocycles. The standard InChI is InChI=1S/C12H12F2O3/c1-6(12(15)16)4-8-9(13)5-10-7(11(8)14)2-3-17-10/h5-6H,2-4H2,1H3,(H,15,16). The van der Waals surface area contributed by atoms with E-state index in [1.165, 1.54) is 6.92 Å². The van der Waals surface area contributed by atoms with Crippen molar-refractivity contribution in [1.29, 1.82) is 0 Å². The Morgan fingerprint density at radius 3 is 2.94 bits per heavy atom. The lowest BCUT2D eigenvalue weighted by Crippen LogP contribution is -2.14. The van der Waals surface area contributed by atoms with E-state index in [4.69, 9.17) is 9.84 Å². The molecular weight excluding hydrogens is 230 g/mol. The Bertz CT molecular complexity index is 471. The van der Waals surface area contributed by atoms with Gasteiger partial charge in [-0.2, -0.15) is 0 Å². The zero-order valence-corrected chi connectivity index (χ0v) is 9.30. The van der Waals surface area contributed by atoms with Crippen LogP contribution in [0.25, 0.3) is 0 Å². The maximum atomic E-state index is 13.9. The van der Waals surface area contributed by atoms with Crippen LogP contribution >= 0.6 is 0 Å². The fourth-order valence-electron chi connectivity index (χ4n) is 1.89. The summed E-state index contributed by atoms with van der Waals surface area (Å²) in [5.74, 6) is -3.06. The quantitative estimate of drug-likeness (QED) is 0.883. The predicted octanol–water partition coefficient (Wildman–Crippen LogP) is 2.16. The van der Waals surface area contributed by atoms with Gasteiger partial charge in [0.15, 0.2) is 0 Å². The minimum Gasteiger partial charge on any atom is -0.493 e. The smallest absolute Gasteiger partial charge is 0.306 e. The Hall–Kier alpha value is -1.65. The van der Waals surface area contributed by atoms with Crippen molar-refractivity contribution in [1.82, 2.24) is 0 Å². The maximum Gasteiger partial charge on any atom is 0.306 e. The van der Waals surface area contributed by atoms with Gasteiger partial charge < -0.3 is 9.84 Å². The van der Waals surface area contributed by atoms with Crippen molar-refractivity contribution in [3.05, 3.63) is 28.8 Å². The molecule has 5 heteroatoms. The second-order valence-corrected chi connectivity index (χ2v) is 4.17. The number of aliphatic carboxylic acids is 1. The fourth-order valence-corrected chi connectivity index (χ4v) is 1.89. The van der Waals surface area contributed by atoms with Crippen molar-refractivity contribution >= 4 is 5.97 Å². The van der Waals surface area contributed by atoms with Crippen LogP contribution in [-0.4, -0.2) is 17.7 Å². The van der Waals surface area contributed by atoms with E-state index in [-0.39, 0.29) is 17.7 Å². The van der Waals surface area contributed by atoms with Crippen molar-refractivity contribution in [2.24, 2.45) is 5.92 Å². The van der Waals surface area contributed by atoms with Gasteiger partial charge in [-0.15, -0.1) is 0 Å². The van der Waals surface area contributed by atoms with Crippen molar-refractivity contribution in [3.8, 4) is 5.75 Å². The summed E-state index contributed by atoms with van der Waals surface area (Å²) in [6, 6.07) is 1.13. The molecule has 92 valence electrons. The number of carbonyl (C=O) groups is 1. The Morgan fingerprint density at radius 1 is 1.59 bits per heavy atom. The van der Waals surface area contributed by atoms with Crippen LogP contribution < -0.4 is 4.74 Å². The zero-order valence-electron chi connectivity index (χ0n) is 9.30. The molecule has 0 bridgehead atoms. The van der Waals surface area contributed by atoms with Crippen molar-refractivity contribution in [3.63, 3.8) is 0 Å². The molecule has 1 aliphatic rings. The first kappa shape index (κ1) is 11.8. The predicted molar refractivity (Wildman–Crippen MR) is 56.1 cm³/mol. The molecule has 1 aromatic carbocycles. The zero-order chi connectivity index (χ0) is 12.6. The van der Waals surface area contributed by atoms with Crippen molar-refractivity contribution < 1.29 is 23.4 Å². The first-order valence-corrected chi connectivity index (χ1v) is 5.36. The van der Waals surface area contributed by atoms with E-state index >= 15 is 0 Å². The highest BCUT2D eigenvalue weighted by molar-refractivity contribution is 5.70. The number of carboxylic acid groups (broad SMARTS) is 1. The minimum atomic E-state index is -1.07. The Kier molecular flexibility index (Phi) is 3.00. The van der Waals surface area contributed by atoms with E-state index < -0.39 is 23.5 Å². The van der Waals surface area contributed by atoms with Crippen LogP contribution in [0, 0.1) is 17.6 Å². The van der Waals surface area contributed by atoms with E-state index in [1.54, 1.807) is 0 Å². The lowest BCUT2D eigenvalue weighted by Gasteiger charge is -2.11. The molecule has 0 aliphatic carbocycles. The maximum absolute atomic E-state index is 13.9. The fraction of sp³-hybridized carbons (Fsp3) is 0.417. The average Bonchev–Trinajstić information content (AvgIpc) is 2.71. The van der Waals surface area contributed by atoms with Crippen LogP contribution in [0.5, 0.6) is 5.75 Å². The molecule has 1 N–H and O–H groups in total. The van der Waals surface area contributed by atoms with Crippen molar-refractivity contribution in [2.75, 3.05) is 6.61 Å². The highest BCUT2D eigenvalue weighted by Gasteiger charge is 2.25. The van der Waals surface area contributed by atoms with Crippen LogP contribution in [0.4, 0.5) is 8.78 Å². The lowest BCUT2D eigenvalue weighted by atomic mass is 9.97. The van der Waals surface area contributed by atoms with Gasteiger partial charge in [0, 0.05) is 23.6 Å². The molecule has 0 spiro atoms. The Balaban J connectivity index is 2.38. The first-order valence-electron chi connectivity index (χ1n) is 5.36. The molecule has 1 heterocycles. The minimum absolute atomic E-state index is 0.153. The third kappa shape index (κ3) is 2.09. The molecule has 0 saturated carbocycles. The molecule has 1 atom stereocenters.